The minimum atomic E-state index is 0.280. The molecule has 82 valence electrons. The van der Waals surface area contributed by atoms with Gasteiger partial charge in [0.15, 0.2) is 0 Å². The van der Waals surface area contributed by atoms with Crippen molar-refractivity contribution in [2.45, 2.75) is 20.0 Å². The van der Waals surface area contributed by atoms with Gasteiger partial charge in [0.05, 0.1) is 17.1 Å². The Bertz CT molecular complexity index is 528. The zero-order chi connectivity index (χ0) is 11.1. The van der Waals surface area contributed by atoms with Gasteiger partial charge in [0.1, 0.15) is 5.75 Å². The third-order valence-corrected chi connectivity index (χ3v) is 2.98. The summed E-state index contributed by atoms with van der Waals surface area (Å²) in [7, 11) is 0. The number of fused-ring (bicyclic) bond motifs is 1. The quantitative estimate of drug-likeness (QED) is 0.757. The molecule has 0 bridgehead atoms. The first-order valence-corrected chi connectivity index (χ1v) is 5.33. The molecule has 1 aromatic carbocycles. The highest BCUT2D eigenvalue weighted by Crippen LogP contribution is 2.23. The number of benzene rings is 1. The number of phenolic OH excluding ortho intramolecular Hbond substituents is 1. The molecule has 16 heavy (non-hydrogen) atoms. The van der Waals surface area contributed by atoms with Crippen molar-refractivity contribution in [1.29, 1.82) is 0 Å². The normalized spacial score (nSPS) is 14.1. The first-order chi connectivity index (χ1) is 7.75. The fraction of sp³-hybridized carbons (Fsp3) is 0.250. The van der Waals surface area contributed by atoms with E-state index in [1.165, 1.54) is 11.3 Å². The predicted octanol–water partition coefficient (Wildman–Crippen LogP) is 1.49. The molecule has 0 spiro atoms. The van der Waals surface area contributed by atoms with E-state index in [9.17, 15) is 5.11 Å². The molecule has 0 unspecified atom stereocenters. The highest BCUT2D eigenvalue weighted by Gasteiger charge is 2.20. The fourth-order valence-corrected chi connectivity index (χ4v) is 2.13. The van der Waals surface area contributed by atoms with Crippen LogP contribution in [0.5, 0.6) is 5.75 Å². The average molecular weight is 215 g/mol. The van der Waals surface area contributed by atoms with Gasteiger partial charge >= 0.3 is 0 Å². The maximum atomic E-state index is 9.26. The van der Waals surface area contributed by atoms with E-state index in [0.717, 1.165) is 24.5 Å². The van der Waals surface area contributed by atoms with Crippen LogP contribution in [-0.2, 0) is 13.1 Å². The van der Waals surface area contributed by atoms with Gasteiger partial charge in [-0.3, -0.25) is 0 Å². The second-order valence-corrected chi connectivity index (χ2v) is 4.04. The lowest BCUT2D eigenvalue weighted by Crippen LogP contribution is -2.07. The molecule has 2 heterocycles. The smallest absolute Gasteiger partial charge is 0.115 e. The van der Waals surface area contributed by atoms with Crippen molar-refractivity contribution in [3.63, 3.8) is 0 Å². The second-order valence-electron chi connectivity index (χ2n) is 4.04. The number of hydrogen-bond acceptors (Lipinski definition) is 3. The average Bonchev–Trinajstić information content (AvgIpc) is 2.84. The van der Waals surface area contributed by atoms with Crippen LogP contribution in [0.3, 0.4) is 0 Å². The summed E-state index contributed by atoms with van der Waals surface area (Å²) in [6.07, 6.45) is 0. The van der Waals surface area contributed by atoms with Gasteiger partial charge in [0.25, 0.3) is 0 Å². The number of rotatable bonds is 1. The summed E-state index contributed by atoms with van der Waals surface area (Å²) in [6, 6.07) is 7.11. The summed E-state index contributed by atoms with van der Waals surface area (Å²) in [6.45, 7) is 3.79. The van der Waals surface area contributed by atoms with Crippen LogP contribution in [0.25, 0.3) is 5.69 Å². The zero-order valence-electron chi connectivity index (χ0n) is 9.07. The summed E-state index contributed by atoms with van der Waals surface area (Å²) in [5, 5.41) is 17.1. The summed E-state index contributed by atoms with van der Waals surface area (Å²) in [5.41, 5.74) is 4.59. The van der Waals surface area contributed by atoms with Crippen LogP contribution in [0.15, 0.2) is 24.3 Å². The van der Waals surface area contributed by atoms with Crippen molar-refractivity contribution < 1.29 is 5.11 Å². The van der Waals surface area contributed by atoms with E-state index in [2.05, 4.69) is 10.4 Å². The molecular weight excluding hydrogens is 202 g/mol. The Morgan fingerprint density at radius 1 is 1.25 bits per heavy atom. The van der Waals surface area contributed by atoms with Crippen molar-refractivity contribution in [2.24, 2.45) is 0 Å². The number of aromatic nitrogens is 2. The van der Waals surface area contributed by atoms with E-state index in [1.807, 2.05) is 23.7 Å². The molecule has 1 aliphatic heterocycles. The Kier molecular flexibility index (Phi) is 1.97. The molecule has 4 nitrogen and oxygen atoms in total. The SMILES string of the molecule is Cc1nn(-c2ccc(O)cc2)c2c1CNC2. The predicted molar refractivity (Wildman–Crippen MR) is 60.5 cm³/mol. The molecule has 3 rings (SSSR count). The van der Waals surface area contributed by atoms with Gasteiger partial charge in [-0.05, 0) is 31.2 Å². The number of phenols is 1. The Hall–Kier alpha value is -1.81. The summed E-state index contributed by atoms with van der Waals surface area (Å²) in [5.74, 6) is 0.280. The molecule has 1 aromatic heterocycles. The van der Waals surface area contributed by atoms with E-state index in [-0.39, 0.29) is 5.75 Å². The van der Waals surface area contributed by atoms with Gasteiger partial charge in [-0.2, -0.15) is 5.10 Å². The van der Waals surface area contributed by atoms with E-state index in [4.69, 9.17) is 0 Å². The third-order valence-electron chi connectivity index (χ3n) is 2.98. The lowest BCUT2D eigenvalue weighted by atomic mass is 10.2. The van der Waals surface area contributed by atoms with Crippen molar-refractivity contribution in [2.75, 3.05) is 0 Å². The van der Waals surface area contributed by atoms with Crippen LogP contribution in [0, 0.1) is 6.92 Å². The van der Waals surface area contributed by atoms with E-state index in [1.54, 1.807) is 12.1 Å². The molecule has 0 saturated heterocycles. The first-order valence-electron chi connectivity index (χ1n) is 5.33. The Morgan fingerprint density at radius 2 is 2.00 bits per heavy atom. The zero-order valence-corrected chi connectivity index (χ0v) is 9.07. The van der Waals surface area contributed by atoms with Gasteiger partial charge in [0.2, 0.25) is 0 Å². The van der Waals surface area contributed by atoms with Gasteiger partial charge < -0.3 is 10.4 Å². The molecule has 0 saturated carbocycles. The van der Waals surface area contributed by atoms with Crippen LogP contribution in [-0.4, -0.2) is 14.9 Å². The standard InChI is InChI=1S/C12H13N3O/c1-8-11-6-13-7-12(11)15(14-8)9-2-4-10(16)5-3-9/h2-5,13,16H,6-7H2,1H3. The molecule has 1 aliphatic rings. The van der Waals surface area contributed by atoms with Gasteiger partial charge in [-0.25, -0.2) is 4.68 Å². The molecule has 2 aromatic rings. The minimum absolute atomic E-state index is 0.280. The molecule has 0 fully saturated rings. The molecule has 4 heteroatoms. The number of hydrogen-bond donors (Lipinski definition) is 2. The fourth-order valence-electron chi connectivity index (χ4n) is 2.13. The number of nitrogens with zero attached hydrogens (tertiary/aromatic N) is 2. The van der Waals surface area contributed by atoms with E-state index in [0.29, 0.717) is 0 Å². The molecule has 0 amide bonds. The Morgan fingerprint density at radius 3 is 2.75 bits per heavy atom. The van der Waals surface area contributed by atoms with Crippen molar-refractivity contribution in [1.82, 2.24) is 15.1 Å². The van der Waals surface area contributed by atoms with Crippen LogP contribution in [0.4, 0.5) is 0 Å². The summed E-state index contributed by atoms with van der Waals surface area (Å²) in [4.78, 5) is 0. The van der Waals surface area contributed by atoms with Crippen molar-refractivity contribution in [3.05, 3.63) is 41.2 Å². The maximum Gasteiger partial charge on any atom is 0.115 e. The van der Waals surface area contributed by atoms with Crippen molar-refractivity contribution in [3.8, 4) is 11.4 Å². The lowest BCUT2D eigenvalue weighted by Gasteiger charge is -2.05. The van der Waals surface area contributed by atoms with Gasteiger partial charge in [-0.1, -0.05) is 0 Å². The highest BCUT2D eigenvalue weighted by atomic mass is 16.3. The van der Waals surface area contributed by atoms with E-state index >= 15 is 0 Å². The molecule has 2 N–H and O–H groups in total. The van der Waals surface area contributed by atoms with E-state index < -0.39 is 0 Å². The number of aromatic hydroxyl groups is 1. The van der Waals surface area contributed by atoms with Crippen LogP contribution in [0.1, 0.15) is 17.0 Å². The molecule has 0 radical (unpaired) electrons. The lowest BCUT2D eigenvalue weighted by molar-refractivity contribution is 0.475. The molecular formula is C12H13N3O. The highest BCUT2D eigenvalue weighted by molar-refractivity contribution is 5.41. The monoisotopic (exact) mass is 215 g/mol. The Labute approximate surface area is 93.5 Å². The number of aryl methyl sites for hydroxylation is 1. The summed E-state index contributed by atoms with van der Waals surface area (Å²) >= 11 is 0. The minimum Gasteiger partial charge on any atom is -0.508 e. The summed E-state index contributed by atoms with van der Waals surface area (Å²) < 4.78 is 1.95. The van der Waals surface area contributed by atoms with Crippen molar-refractivity contribution >= 4 is 0 Å². The van der Waals surface area contributed by atoms with Gasteiger partial charge in [-0.15, -0.1) is 0 Å². The van der Waals surface area contributed by atoms with Crippen LogP contribution >= 0.6 is 0 Å². The molecule has 0 aliphatic carbocycles. The van der Waals surface area contributed by atoms with Crippen LogP contribution < -0.4 is 5.32 Å². The second kappa shape index (κ2) is 3.35. The third kappa shape index (κ3) is 1.31. The van der Waals surface area contributed by atoms with Crippen LogP contribution in [0.2, 0.25) is 0 Å². The largest absolute Gasteiger partial charge is 0.508 e. The maximum absolute atomic E-state index is 9.26. The first kappa shape index (κ1) is 9.42. The molecule has 0 atom stereocenters. The topological polar surface area (TPSA) is 50.1 Å². The number of nitrogens with one attached hydrogen (secondary N) is 1. The van der Waals surface area contributed by atoms with Gasteiger partial charge in [0, 0.05) is 18.7 Å². The Balaban J connectivity index is 2.13.